The second-order valence-corrected chi connectivity index (χ2v) is 7.68. The van der Waals surface area contributed by atoms with Gasteiger partial charge in [0.05, 0.1) is 24.5 Å². The molecule has 1 aromatic carbocycles. The molecule has 27 heavy (non-hydrogen) atoms. The monoisotopic (exact) mass is 369 g/mol. The van der Waals surface area contributed by atoms with E-state index >= 15 is 0 Å². The van der Waals surface area contributed by atoms with E-state index in [4.69, 9.17) is 4.74 Å². The number of rotatable bonds is 3. The fourth-order valence-electron chi connectivity index (χ4n) is 4.47. The van der Waals surface area contributed by atoms with E-state index in [1.807, 2.05) is 36.9 Å². The van der Waals surface area contributed by atoms with Crippen LogP contribution in [0.3, 0.4) is 0 Å². The molecule has 0 spiro atoms. The summed E-state index contributed by atoms with van der Waals surface area (Å²) in [7, 11) is 0. The van der Waals surface area contributed by atoms with E-state index < -0.39 is 0 Å². The van der Waals surface area contributed by atoms with Crippen LogP contribution in [0.25, 0.3) is 0 Å². The van der Waals surface area contributed by atoms with Gasteiger partial charge in [-0.25, -0.2) is 0 Å². The van der Waals surface area contributed by atoms with Gasteiger partial charge in [-0.15, -0.1) is 0 Å². The van der Waals surface area contributed by atoms with Crippen molar-refractivity contribution in [1.29, 1.82) is 0 Å². The van der Waals surface area contributed by atoms with Gasteiger partial charge in [0.25, 0.3) is 5.91 Å². The summed E-state index contributed by atoms with van der Waals surface area (Å²) in [5.74, 6) is 0.404. The van der Waals surface area contributed by atoms with Gasteiger partial charge in [0, 0.05) is 25.1 Å². The topological polar surface area (TPSA) is 78.5 Å². The number of piperidine rings is 1. The summed E-state index contributed by atoms with van der Waals surface area (Å²) in [6.45, 7) is 5.52. The number of fused-ring (bicyclic) bond motifs is 1. The molecule has 2 aliphatic heterocycles. The number of carbonyl (C=O) groups excluding carboxylic acids is 1. The Hall–Kier alpha value is -2.18. The van der Waals surface area contributed by atoms with Crippen LogP contribution in [0.5, 0.6) is 0 Å². The molecule has 2 N–H and O–H groups in total. The molecule has 3 heterocycles. The van der Waals surface area contributed by atoms with E-state index in [0.29, 0.717) is 24.7 Å². The second-order valence-electron chi connectivity index (χ2n) is 7.68. The van der Waals surface area contributed by atoms with Gasteiger partial charge in [-0.05, 0) is 43.7 Å². The van der Waals surface area contributed by atoms with Crippen LogP contribution in [0.2, 0.25) is 0 Å². The molecule has 0 bridgehead atoms. The summed E-state index contributed by atoms with van der Waals surface area (Å²) in [5.41, 5.74) is 4.71. The van der Waals surface area contributed by atoms with Crippen molar-refractivity contribution < 1.29 is 14.6 Å². The third-order valence-corrected chi connectivity index (χ3v) is 5.88. The lowest BCUT2D eigenvalue weighted by atomic mass is 9.86. The van der Waals surface area contributed by atoms with Crippen molar-refractivity contribution in [3.05, 3.63) is 52.3 Å². The Kier molecular flexibility index (Phi) is 5.02. The highest BCUT2D eigenvalue weighted by Gasteiger charge is 2.33. The van der Waals surface area contributed by atoms with Crippen molar-refractivity contribution >= 4 is 5.91 Å². The van der Waals surface area contributed by atoms with Gasteiger partial charge >= 0.3 is 0 Å². The van der Waals surface area contributed by atoms with Crippen molar-refractivity contribution in [2.75, 3.05) is 13.1 Å². The summed E-state index contributed by atoms with van der Waals surface area (Å²) < 4.78 is 5.82. The van der Waals surface area contributed by atoms with Crippen molar-refractivity contribution in [1.82, 2.24) is 15.1 Å². The molecule has 2 aliphatic rings. The van der Waals surface area contributed by atoms with Crippen molar-refractivity contribution in [3.63, 3.8) is 0 Å². The quantitative estimate of drug-likeness (QED) is 0.872. The standard InChI is InChI=1S/C21H27N3O3/c1-13-11-18-19(14(2)27-13)22-23-20(18)21(26)24-9-7-15(8-10-24)17-6-4-3-5-16(17)12-25/h3-6,13-15,25H,7-12H2,1-2H3,(H,22,23)/t13-,14+/m1/s1. The number of ether oxygens (including phenoxy) is 1. The van der Waals surface area contributed by atoms with Crippen LogP contribution in [0.15, 0.2) is 24.3 Å². The minimum atomic E-state index is -0.0569. The molecule has 1 fully saturated rings. The predicted molar refractivity (Wildman–Crippen MR) is 101 cm³/mol. The zero-order chi connectivity index (χ0) is 19.0. The first-order valence-electron chi connectivity index (χ1n) is 9.79. The first-order valence-corrected chi connectivity index (χ1v) is 9.79. The summed E-state index contributed by atoms with van der Waals surface area (Å²) in [5, 5.41) is 16.9. The molecule has 144 valence electrons. The summed E-state index contributed by atoms with van der Waals surface area (Å²) in [6.07, 6.45) is 2.57. The average Bonchev–Trinajstić information content (AvgIpc) is 3.11. The number of aliphatic hydroxyl groups excluding tert-OH is 1. The minimum absolute atomic E-state index is 0.0164. The highest BCUT2D eigenvalue weighted by atomic mass is 16.5. The van der Waals surface area contributed by atoms with Crippen LogP contribution in [-0.2, 0) is 17.8 Å². The summed E-state index contributed by atoms with van der Waals surface area (Å²) in [4.78, 5) is 15.0. The van der Waals surface area contributed by atoms with E-state index in [1.54, 1.807) is 0 Å². The first kappa shape index (κ1) is 18.2. The molecule has 6 nitrogen and oxygen atoms in total. The number of carbonyl (C=O) groups is 1. The van der Waals surface area contributed by atoms with Crippen LogP contribution < -0.4 is 0 Å². The van der Waals surface area contributed by atoms with Gasteiger partial charge in [-0.1, -0.05) is 24.3 Å². The number of nitrogens with one attached hydrogen (secondary N) is 1. The molecule has 1 saturated heterocycles. The van der Waals surface area contributed by atoms with Crippen molar-refractivity contribution in [2.24, 2.45) is 0 Å². The van der Waals surface area contributed by atoms with E-state index in [2.05, 4.69) is 16.3 Å². The lowest BCUT2D eigenvalue weighted by Crippen LogP contribution is -2.39. The predicted octanol–water partition coefficient (Wildman–Crippen LogP) is 2.94. The number of aromatic amines is 1. The van der Waals surface area contributed by atoms with E-state index in [0.717, 1.165) is 36.1 Å². The first-order chi connectivity index (χ1) is 13.1. The molecular formula is C21H27N3O3. The maximum atomic E-state index is 13.1. The molecule has 4 rings (SSSR count). The molecular weight excluding hydrogens is 342 g/mol. The molecule has 0 saturated carbocycles. The summed E-state index contributed by atoms with van der Waals surface area (Å²) >= 11 is 0. The number of nitrogens with zero attached hydrogens (tertiary/aromatic N) is 2. The van der Waals surface area contributed by atoms with Crippen molar-refractivity contribution in [2.45, 2.75) is 57.8 Å². The Morgan fingerprint density at radius 3 is 2.78 bits per heavy atom. The third-order valence-electron chi connectivity index (χ3n) is 5.88. The molecule has 0 unspecified atom stereocenters. The van der Waals surface area contributed by atoms with E-state index in [1.165, 1.54) is 5.56 Å². The van der Waals surface area contributed by atoms with Crippen LogP contribution in [0, 0.1) is 0 Å². The van der Waals surface area contributed by atoms with Gasteiger partial charge < -0.3 is 14.7 Å². The van der Waals surface area contributed by atoms with Gasteiger partial charge in [-0.2, -0.15) is 5.10 Å². The largest absolute Gasteiger partial charge is 0.392 e. The number of benzene rings is 1. The number of hydrogen-bond acceptors (Lipinski definition) is 4. The Labute approximate surface area is 159 Å². The molecule has 1 aromatic heterocycles. The van der Waals surface area contributed by atoms with Crippen LogP contribution >= 0.6 is 0 Å². The lowest BCUT2D eigenvalue weighted by Gasteiger charge is -2.33. The van der Waals surface area contributed by atoms with E-state index in [-0.39, 0.29) is 24.7 Å². The minimum Gasteiger partial charge on any atom is -0.392 e. The van der Waals surface area contributed by atoms with Crippen LogP contribution in [-0.4, -0.2) is 45.3 Å². The average molecular weight is 369 g/mol. The van der Waals surface area contributed by atoms with Gasteiger partial charge in [-0.3, -0.25) is 9.89 Å². The Balaban J connectivity index is 1.47. The SMILES string of the molecule is C[C@@H]1Cc2c(C(=O)N3CCC(c4ccccc4CO)CC3)n[nH]c2[C@H](C)O1. The number of hydrogen-bond donors (Lipinski definition) is 2. The van der Waals surface area contributed by atoms with Crippen molar-refractivity contribution in [3.8, 4) is 0 Å². The maximum Gasteiger partial charge on any atom is 0.274 e. The third kappa shape index (κ3) is 3.39. The Morgan fingerprint density at radius 2 is 2.04 bits per heavy atom. The van der Waals surface area contributed by atoms with Gasteiger partial charge in [0.1, 0.15) is 0 Å². The highest BCUT2D eigenvalue weighted by molar-refractivity contribution is 5.94. The Morgan fingerprint density at radius 1 is 1.30 bits per heavy atom. The number of aliphatic hydroxyl groups is 1. The fraction of sp³-hybridized carbons (Fsp3) is 0.524. The van der Waals surface area contributed by atoms with Crippen LogP contribution in [0.4, 0.5) is 0 Å². The number of amides is 1. The molecule has 0 radical (unpaired) electrons. The van der Waals surface area contributed by atoms with Gasteiger partial charge in [0.15, 0.2) is 5.69 Å². The normalized spacial score (nSPS) is 23.3. The van der Waals surface area contributed by atoms with E-state index in [9.17, 15) is 9.90 Å². The highest BCUT2D eigenvalue weighted by Crippen LogP contribution is 2.33. The number of likely N-dealkylation sites (tertiary alicyclic amines) is 1. The molecule has 2 aromatic rings. The zero-order valence-electron chi connectivity index (χ0n) is 15.9. The number of H-pyrrole nitrogens is 1. The molecule has 1 amide bonds. The van der Waals surface area contributed by atoms with Crippen LogP contribution in [0.1, 0.15) is 71.6 Å². The summed E-state index contributed by atoms with van der Waals surface area (Å²) in [6, 6.07) is 8.06. The second kappa shape index (κ2) is 7.44. The van der Waals surface area contributed by atoms with Gasteiger partial charge in [0.2, 0.25) is 0 Å². The molecule has 6 heteroatoms. The molecule has 0 aliphatic carbocycles. The lowest BCUT2D eigenvalue weighted by molar-refractivity contribution is -0.00703. The number of aromatic nitrogens is 2. The smallest absolute Gasteiger partial charge is 0.274 e. The molecule has 2 atom stereocenters. The zero-order valence-corrected chi connectivity index (χ0v) is 15.9. The Bertz CT molecular complexity index is 824. The fourth-order valence-corrected chi connectivity index (χ4v) is 4.47. The maximum absolute atomic E-state index is 13.1.